The minimum atomic E-state index is -4.16. The van der Waals surface area contributed by atoms with Crippen molar-refractivity contribution in [3.05, 3.63) is 28.3 Å². The predicted octanol–water partition coefficient (Wildman–Crippen LogP) is 3.42. The summed E-state index contributed by atoms with van der Waals surface area (Å²) in [6.07, 6.45) is -4.12. The van der Waals surface area contributed by atoms with Gasteiger partial charge in [-0.2, -0.15) is 13.2 Å². The quantitative estimate of drug-likeness (QED) is 0.686. The van der Waals surface area contributed by atoms with Gasteiger partial charge in [0.15, 0.2) is 0 Å². The van der Waals surface area contributed by atoms with Crippen LogP contribution in [-0.2, 0) is 0 Å². The molecule has 1 N–H and O–H groups in total. The number of benzene rings is 1. The normalized spacial score (nSPS) is 16.9. The van der Waals surface area contributed by atoms with Crippen LogP contribution < -0.4 is 10.2 Å². The second-order valence-corrected chi connectivity index (χ2v) is 5.01. The Balaban J connectivity index is 2.14. The van der Waals surface area contributed by atoms with Crippen molar-refractivity contribution < 1.29 is 18.1 Å². The molecule has 1 aromatic rings. The highest BCUT2D eigenvalue weighted by Gasteiger charge is 2.41. The summed E-state index contributed by atoms with van der Waals surface area (Å²) in [5, 5.41) is 13.7. The fourth-order valence-corrected chi connectivity index (χ4v) is 2.54. The number of nitrogens with zero attached hydrogens (tertiary/aromatic N) is 2. The van der Waals surface area contributed by atoms with Gasteiger partial charge in [-0.15, -0.1) is 0 Å². The second kappa shape index (κ2) is 5.79. The summed E-state index contributed by atoms with van der Waals surface area (Å²) in [4.78, 5) is 12.3. The molecular formula is C13H16F3N3O2. The molecule has 0 aromatic heterocycles. The summed E-state index contributed by atoms with van der Waals surface area (Å²) in [6.45, 7) is 0.500. The lowest BCUT2D eigenvalue weighted by atomic mass is 9.96. The second-order valence-electron chi connectivity index (χ2n) is 5.01. The zero-order valence-electron chi connectivity index (χ0n) is 11.5. The molecule has 0 atom stereocenters. The molecule has 1 saturated heterocycles. The maximum absolute atomic E-state index is 12.6. The van der Waals surface area contributed by atoms with Gasteiger partial charge in [-0.25, -0.2) is 0 Å². The Morgan fingerprint density at radius 1 is 1.33 bits per heavy atom. The highest BCUT2D eigenvalue weighted by Crippen LogP contribution is 2.36. The Morgan fingerprint density at radius 3 is 2.43 bits per heavy atom. The van der Waals surface area contributed by atoms with Gasteiger partial charge in [-0.1, -0.05) is 0 Å². The van der Waals surface area contributed by atoms with E-state index in [0.29, 0.717) is 11.4 Å². The minimum absolute atomic E-state index is 0.0189. The molecule has 21 heavy (non-hydrogen) atoms. The molecule has 1 fully saturated rings. The number of alkyl halides is 3. The van der Waals surface area contributed by atoms with Crippen LogP contribution in [0.3, 0.4) is 0 Å². The third-order valence-corrected chi connectivity index (χ3v) is 3.77. The number of hydrogen-bond acceptors (Lipinski definition) is 4. The maximum atomic E-state index is 12.6. The zero-order chi connectivity index (χ0) is 15.6. The Morgan fingerprint density at radius 2 is 1.95 bits per heavy atom. The van der Waals surface area contributed by atoms with Crippen molar-refractivity contribution in [2.75, 3.05) is 30.4 Å². The summed E-state index contributed by atoms with van der Waals surface area (Å²) in [5.74, 6) is -1.28. The van der Waals surface area contributed by atoms with Gasteiger partial charge in [0.2, 0.25) is 0 Å². The number of nitro groups is 1. The fourth-order valence-electron chi connectivity index (χ4n) is 2.54. The van der Waals surface area contributed by atoms with Gasteiger partial charge < -0.3 is 10.2 Å². The highest BCUT2D eigenvalue weighted by atomic mass is 19.4. The molecule has 0 radical (unpaired) electrons. The largest absolute Gasteiger partial charge is 0.391 e. The first kappa shape index (κ1) is 15.4. The van der Waals surface area contributed by atoms with Crippen molar-refractivity contribution in [3.63, 3.8) is 0 Å². The molecule has 0 bridgehead atoms. The molecule has 0 saturated carbocycles. The van der Waals surface area contributed by atoms with E-state index in [0.717, 1.165) is 0 Å². The lowest BCUT2D eigenvalue weighted by molar-refractivity contribution is -0.383. The number of anilines is 2. The highest BCUT2D eigenvalue weighted by molar-refractivity contribution is 5.68. The van der Waals surface area contributed by atoms with E-state index in [1.54, 1.807) is 24.1 Å². The monoisotopic (exact) mass is 303 g/mol. The van der Waals surface area contributed by atoms with Crippen LogP contribution in [0.5, 0.6) is 0 Å². The first-order valence-electron chi connectivity index (χ1n) is 6.60. The summed E-state index contributed by atoms with van der Waals surface area (Å²) in [6, 6.07) is 4.66. The minimum Gasteiger partial charge on any atom is -0.383 e. The van der Waals surface area contributed by atoms with Crippen LogP contribution in [0.2, 0.25) is 0 Å². The Hall–Kier alpha value is -1.99. The predicted molar refractivity (Wildman–Crippen MR) is 73.6 cm³/mol. The van der Waals surface area contributed by atoms with Gasteiger partial charge in [0.1, 0.15) is 5.69 Å². The molecule has 0 aliphatic carbocycles. The molecule has 8 heteroatoms. The fraction of sp³-hybridized carbons (Fsp3) is 0.538. The van der Waals surface area contributed by atoms with Crippen LogP contribution in [0.15, 0.2) is 18.2 Å². The summed E-state index contributed by atoms with van der Waals surface area (Å²) >= 11 is 0. The van der Waals surface area contributed by atoms with E-state index in [9.17, 15) is 23.3 Å². The third-order valence-electron chi connectivity index (χ3n) is 3.77. The molecule has 0 amide bonds. The van der Waals surface area contributed by atoms with Crippen molar-refractivity contribution in [1.82, 2.24) is 0 Å². The van der Waals surface area contributed by atoms with Gasteiger partial charge in [-0.05, 0) is 25.0 Å². The lowest BCUT2D eigenvalue weighted by Gasteiger charge is -2.34. The Labute approximate surface area is 119 Å². The first-order chi connectivity index (χ1) is 9.82. The third kappa shape index (κ3) is 3.37. The smallest absolute Gasteiger partial charge is 0.383 e. The van der Waals surface area contributed by atoms with Crippen molar-refractivity contribution in [2.45, 2.75) is 19.0 Å². The van der Waals surface area contributed by atoms with E-state index in [-0.39, 0.29) is 31.6 Å². The average molecular weight is 303 g/mol. The maximum Gasteiger partial charge on any atom is 0.391 e. The van der Waals surface area contributed by atoms with Crippen LogP contribution in [0, 0.1) is 16.0 Å². The van der Waals surface area contributed by atoms with Crippen LogP contribution >= 0.6 is 0 Å². The molecule has 116 valence electrons. The molecule has 0 spiro atoms. The topological polar surface area (TPSA) is 58.4 Å². The standard InChI is InChI=1S/C13H16F3N3O2/c1-17-11-3-2-10(8-12(11)19(20)21)18-6-4-9(5-7-18)13(14,15)16/h2-3,8-9,17H,4-7H2,1H3. The molecule has 2 rings (SSSR count). The number of hydrogen-bond donors (Lipinski definition) is 1. The molecule has 1 aliphatic rings. The van der Waals surface area contributed by atoms with Crippen LogP contribution in [-0.4, -0.2) is 31.2 Å². The summed E-state index contributed by atoms with van der Waals surface area (Å²) in [7, 11) is 1.58. The summed E-state index contributed by atoms with van der Waals surface area (Å²) < 4.78 is 37.9. The van der Waals surface area contributed by atoms with Crippen LogP contribution in [0.25, 0.3) is 0 Å². The van der Waals surface area contributed by atoms with Gasteiger partial charge in [0, 0.05) is 31.9 Å². The van der Waals surface area contributed by atoms with Crippen molar-refractivity contribution in [3.8, 4) is 0 Å². The van der Waals surface area contributed by atoms with Gasteiger partial charge >= 0.3 is 6.18 Å². The number of halogens is 3. The van der Waals surface area contributed by atoms with Gasteiger partial charge in [0.05, 0.1) is 10.8 Å². The van der Waals surface area contributed by atoms with Crippen LogP contribution in [0.4, 0.5) is 30.2 Å². The first-order valence-corrected chi connectivity index (χ1v) is 6.60. The lowest BCUT2D eigenvalue weighted by Crippen LogP contribution is -2.39. The van der Waals surface area contributed by atoms with E-state index in [2.05, 4.69) is 5.32 Å². The van der Waals surface area contributed by atoms with Crippen molar-refractivity contribution >= 4 is 17.1 Å². The van der Waals surface area contributed by atoms with Crippen molar-refractivity contribution in [1.29, 1.82) is 0 Å². The van der Waals surface area contributed by atoms with E-state index in [4.69, 9.17) is 0 Å². The number of rotatable bonds is 3. The molecular weight excluding hydrogens is 287 g/mol. The van der Waals surface area contributed by atoms with E-state index >= 15 is 0 Å². The van der Waals surface area contributed by atoms with Crippen LogP contribution in [0.1, 0.15) is 12.8 Å². The van der Waals surface area contributed by atoms with E-state index < -0.39 is 17.0 Å². The number of nitro benzene ring substituents is 1. The molecule has 1 aromatic carbocycles. The van der Waals surface area contributed by atoms with Gasteiger partial charge in [-0.3, -0.25) is 10.1 Å². The average Bonchev–Trinajstić information content (AvgIpc) is 2.45. The van der Waals surface area contributed by atoms with E-state index in [1.165, 1.54) is 6.07 Å². The molecule has 1 heterocycles. The van der Waals surface area contributed by atoms with E-state index in [1.807, 2.05) is 0 Å². The zero-order valence-corrected chi connectivity index (χ0v) is 11.5. The molecule has 1 aliphatic heterocycles. The van der Waals surface area contributed by atoms with Crippen molar-refractivity contribution in [2.24, 2.45) is 5.92 Å². The molecule has 5 nitrogen and oxygen atoms in total. The van der Waals surface area contributed by atoms with Gasteiger partial charge in [0.25, 0.3) is 5.69 Å². The summed E-state index contributed by atoms with van der Waals surface area (Å²) in [5.41, 5.74) is 0.892. The number of piperidine rings is 1. The molecule has 0 unspecified atom stereocenters. The SMILES string of the molecule is CNc1ccc(N2CCC(C(F)(F)F)CC2)cc1[N+](=O)[O-]. The Kier molecular flexibility index (Phi) is 4.24. The number of nitrogens with one attached hydrogen (secondary N) is 1. The Bertz CT molecular complexity index is 526.